The summed E-state index contributed by atoms with van der Waals surface area (Å²) in [6, 6.07) is 4.37. The van der Waals surface area contributed by atoms with E-state index in [0.717, 1.165) is 12.2 Å². The molecular weight excluding hydrogens is 124 g/mol. The van der Waals surface area contributed by atoms with E-state index in [2.05, 4.69) is 19.1 Å². The van der Waals surface area contributed by atoms with E-state index in [4.69, 9.17) is 4.74 Å². The van der Waals surface area contributed by atoms with Gasteiger partial charge in [-0.1, -0.05) is 12.1 Å². The van der Waals surface area contributed by atoms with Crippen molar-refractivity contribution in [3.63, 3.8) is 0 Å². The van der Waals surface area contributed by atoms with E-state index in [0.29, 0.717) is 0 Å². The van der Waals surface area contributed by atoms with E-state index in [-0.39, 0.29) is 0 Å². The van der Waals surface area contributed by atoms with Gasteiger partial charge >= 0.3 is 0 Å². The predicted molar refractivity (Wildman–Crippen MR) is 40.5 cm³/mol. The topological polar surface area (TPSA) is 9.23 Å². The Kier molecular flexibility index (Phi) is 1.01. The third kappa shape index (κ3) is 0.576. The van der Waals surface area contributed by atoms with Crippen LogP contribution in [-0.2, 0) is 6.42 Å². The third-order valence-electron chi connectivity index (χ3n) is 2.01. The van der Waals surface area contributed by atoms with Crippen molar-refractivity contribution in [1.82, 2.24) is 0 Å². The van der Waals surface area contributed by atoms with E-state index in [1.165, 1.54) is 16.7 Å². The average molecular weight is 134 g/mol. The quantitative estimate of drug-likeness (QED) is 0.579. The number of aryl methyl sites for hydroxylation is 1. The predicted octanol–water partition coefficient (Wildman–Crippen LogP) is 1.91. The van der Waals surface area contributed by atoms with Crippen LogP contribution in [0.3, 0.4) is 0 Å². The molecule has 2 aliphatic rings. The first kappa shape index (κ1) is 5.78. The maximum absolute atomic E-state index is 5.22. The second kappa shape index (κ2) is 1.75. The normalized spacial score (nSPS) is 12.6. The number of fused-ring (bicyclic) bond motifs is 2. The lowest BCUT2D eigenvalue weighted by molar-refractivity contribution is 0.405. The van der Waals surface area contributed by atoms with Gasteiger partial charge in [0.1, 0.15) is 5.75 Å². The summed E-state index contributed by atoms with van der Waals surface area (Å²) < 4.78 is 5.22. The molecule has 0 aliphatic heterocycles. The van der Waals surface area contributed by atoms with Gasteiger partial charge in [-0.2, -0.15) is 0 Å². The first-order chi connectivity index (χ1) is 4.81. The van der Waals surface area contributed by atoms with Gasteiger partial charge in [0, 0.05) is 6.42 Å². The number of ether oxygens (including phenoxy) is 1. The first-order valence-corrected chi connectivity index (χ1v) is 3.47. The van der Waals surface area contributed by atoms with Crippen molar-refractivity contribution < 1.29 is 4.74 Å². The Balaban J connectivity index is 2.58. The zero-order valence-electron chi connectivity index (χ0n) is 6.27. The number of hydrogen-bond donors (Lipinski definition) is 0. The first-order valence-electron chi connectivity index (χ1n) is 3.47. The van der Waals surface area contributed by atoms with Gasteiger partial charge in [0.15, 0.2) is 0 Å². The summed E-state index contributed by atoms with van der Waals surface area (Å²) >= 11 is 0. The Bertz CT molecular complexity index is 273. The van der Waals surface area contributed by atoms with Crippen LogP contribution in [0, 0.1) is 6.92 Å². The van der Waals surface area contributed by atoms with E-state index < -0.39 is 0 Å². The molecule has 1 heteroatoms. The molecule has 0 saturated carbocycles. The maximum atomic E-state index is 5.22. The smallest absolute Gasteiger partial charge is 0.125 e. The molecule has 0 spiro atoms. The molecule has 0 heterocycles. The summed E-state index contributed by atoms with van der Waals surface area (Å²) in [5, 5.41) is 0. The van der Waals surface area contributed by atoms with Crippen LogP contribution in [0.4, 0.5) is 0 Å². The van der Waals surface area contributed by atoms with Crippen LogP contribution < -0.4 is 4.74 Å². The highest BCUT2D eigenvalue weighted by Crippen LogP contribution is 2.34. The maximum Gasteiger partial charge on any atom is 0.125 e. The van der Waals surface area contributed by atoms with Gasteiger partial charge in [0.25, 0.3) is 0 Å². The van der Waals surface area contributed by atoms with Crippen LogP contribution in [0.15, 0.2) is 12.1 Å². The van der Waals surface area contributed by atoms with Crippen LogP contribution in [0.2, 0.25) is 0 Å². The highest BCUT2D eigenvalue weighted by Gasteiger charge is 2.16. The van der Waals surface area contributed by atoms with Gasteiger partial charge in [-0.25, -0.2) is 0 Å². The molecule has 0 radical (unpaired) electrons. The molecular formula is C9H10O. The molecule has 0 unspecified atom stereocenters. The number of rotatable bonds is 1. The zero-order chi connectivity index (χ0) is 7.14. The molecule has 0 fully saturated rings. The van der Waals surface area contributed by atoms with Crippen molar-refractivity contribution in [3.8, 4) is 5.75 Å². The monoisotopic (exact) mass is 134 g/mol. The van der Waals surface area contributed by atoms with Gasteiger partial charge in [-0.05, 0) is 23.6 Å². The number of hydrogen-bond acceptors (Lipinski definition) is 1. The average Bonchev–Trinajstić information content (AvgIpc) is 1.85. The molecule has 0 amide bonds. The molecule has 10 heavy (non-hydrogen) atoms. The van der Waals surface area contributed by atoms with Crippen molar-refractivity contribution in [2.75, 3.05) is 7.11 Å². The molecule has 0 saturated heterocycles. The Morgan fingerprint density at radius 3 is 2.50 bits per heavy atom. The second-order valence-corrected chi connectivity index (χ2v) is 2.78. The van der Waals surface area contributed by atoms with Crippen LogP contribution >= 0.6 is 0 Å². The van der Waals surface area contributed by atoms with Crippen molar-refractivity contribution in [2.45, 2.75) is 13.3 Å². The molecule has 0 N–H and O–H groups in total. The number of methoxy groups -OCH3 is 1. The largest absolute Gasteiger partial charge is 0.496 e. The Hall–Kier alpha value is -0.980. The van der Waals surface area contributed by atoms with E-state index in [1.54, 1.807) is 7.11 Å². The van der Waals surface area contributed by atoms with Gasteiger partial charge in [-0.3, -0.25) is 0 Å². The molecule has 0 aromatic heterocycles. The second-order valence-electron chi connectivity index (χ2n) is 2.78. The van der Waals surface area contributed by atoms with Gasteiger partial charge in [0.05, 0.1) is 7.11 Å². The fraction of sp³-hybridized carbons (Fsp3) is 0.333. The van der Waals surface area contributed by atoms with Gasteiger partial charge < -0.3 is 4.74 Å². The highest BCUT2D eigenvalue weighted by atomic mass is 16.5. The lowest BCUT2D eigenvalue weighted by Crippen LogP contribution is -2.05. The lowest BCUT2D eigenvalue weighted by atomic mass is 9.89. The zero-order valence-corrected chi connectivity index (χ0v) is 6.27. The standard InChI is InChI=1S/C9H10O/c1-6-3-7-4-8(5-7)9(6)10-2/h3-4H,5H2,1-2H3. The van der Waals surface area contributed by atoms with E-state index >= 15 is 0 Å². The van der Waals surface area contributed by atoms with Crippen molar-refractivity contribution in [3.05, 3.63) is 28.8 Å². The highest BCUT2D eigenvalue weighted by molar-refractivity contribution is 5.52. The van der Waals surface area contributed by atoms with Crippen LogP contribution in [0.1, 0.15) is 16.7 Å². The molecule has 52 valence electrons. The third-order valence-corrected chi connectivity index (χ3v) is 2.01. The van der Waals surface area contributed by atoms with Crippen molar-refractivity contribution in [1.29, 1.82) is 0 Å². The van der Waals surface area contributed by atoms with E-state index in [1.807, 2.05) is 0 Å². The summed E-state index contributed by atoms with van der Waals surface area (Å²) in [6.07, 6.45) is 1.11. The molecule has 3 rings (SSSR count). The molecule has 2 aliphatic carbocycles. The summed E-state index contributed by atoms with van der Waals surface area (Å²) in [4.78, 5) is 0. The molecule has 1 nitrogen and oxygen atoms in total. The Labute approximate surface area is 60.6 Å². The summed E-state index contributed by atoms with van der Waals surface area (Å²) in [5.41, 5.74) is 4.06. The minimum Gasteiger partial charge on any atom is -0.496 e. The van der Waals surface area contributed by atoms with Gasteiger partial charge in [0.2, 0.25) is 0 Å². The summed E-state index contributed by atoms with van der Waals surface area (Å²) in [6.45, 7) is 2.09. The summed E-state index contributed by atoms with van der Waals surface area (Å²) in [7, 11) is 1.73. The Morgan fingerprint density at radius 1 is 1.40 bits per heavy atom. The SMILES string of the molecule is COc1c(C)cc2cc1C2. The fourth-order valence-corrected chi connectivity index (χ4v) is 1.54. The van der Waals surface area contributed by atoms with Gasteiger partial charge in [-0.15, -0.1) is 0 Å². The number of benzene rings is 1. The Morgan fingerprint density at radius 2 is 2.10 bits per heavy atom. The van der Waals surface area contributed by atoms with Crippen LogP contribution in [0.25, 0.3) is 0 Å². The minimum atomic E-state index is 1.08. The minimum absolute atomic E-state index is 1.08. The van der Waals surface area contributed by atoms with E-state index in [9.17, 15) is 0 Å². The van der Waals surface area contributed by atoms with Crippen LogP contribution in [-0.4, -0.2) is 7.11 Å². The fourth-order valence-electron chi connectivity index (χ4n) is 1.54. The van der Waals surface area contributed by atoms with Crippen molar-refractivity contribution in [2.24, 2.45) is 0 Å². The summed E-state index contributed by atoms with van der Waals surface area (Å²) in [5.74, 6) is 1.08. The molecule has 1 aromatic carbocycles. The lowest BCUT2D eigenvalue weighted by Gasteiger charge is -2.20. The van der Waals surface area contributed by atoms with Crippen molar-refractivity contribution >= 4 is 0 Å². The molecule has 2 bridgehead atoms. The van der Waals surface area contributed by atoms with Crippen LogP contribution in [0.5, 0.6) is 5.75 Å². The molecule has 1 aromatic rings. The molecule has 0 atom stereocenters.